The van der Waals surface area contributed by atoms with Gasteiger partial charge in [0.2, 0.25) is 10.0 Å². The molecule has 2 rings (SSSR count). The Morgan fingerprint density at radius 3 is 2.90 bits per heavy atom. The highest BCUT2D eigenvalue weighted by Gasteiger charge is 2.13. The average molecular weight is 315 g/mol. The van der Waals surface area contributed by atoms with Crippen LogP contribution in [0.15, 0.2) is 18.2 Å². The van der Waals surface area contributed by atoms with Gasteiger partial charge in [-0.15, -0.1) is 0 Å². The van der Waals surface area contributed by atoms with Gasteiger partial charge in [0.25, 0.3) is 0 Å². The zero-order valence-electron chi connectivity index (χ0n) is 11.3. The van der Waals surface area contributed by atoms with Crippen molar-refractivity contribution in [2.45, 2.75) is 6.92 Å². The standard InChI is InChI=1S/C12H17N3O3S2/c1-3-18-9-4-5-10-11(8-9)19-12(14-10)15-20(16,17)7-6-13-2/h4-5,8,13H,3,6-7H2,1-2H3,(H,14,15). The molecule has 1 heterocycles. The number of thiazole rings is 1. The number of ether oxygens (including phenoxy) is 1. The SMILES string of the molecule is CCOc1ccc2nc(NS(=O)(=O)CCNC)sc2c1. The summed E-state index contributed by atoms with van der Waals surface area (Å²) in [4.78, 5) is 4.26. The molecule has 0 saturated heterocycles. The van der Waals surface area contributed by atoms with Crippen molar-refractivity contribution < 1.29 is 13.2 Å². The van der Waals surface area contributed by atoms with Crippen LogP contribution in [0.3, 0.4) is 0 Å². The average Bonchev–Trinajstić information content (AvgIpc) is 2.77. The van der Waals surface area contributed by atoms with E-state index in [-0.39, 0.29) is 5.75 Å². The van der Waals surface area contributed by atoms with Crippen LogP contribution in [-0.4, -0.2) is 39.4 Å². The fraction of sp³-hybridized carbons (Fsp3) is 0.417. The van der Waals surface area contributed by atoms with Crippen molar-refractivity contribution in [1.29, 1.82) is 0 Å². The third kappa shape index (κ3) is 3.81. The summed E-state index contributed by atoms with van der Waals surface area (Å²) in [7, 11) is -1.65. The summed E-state index contributed by atoms with van der Waals surface area (Å²) in [6.07, 6.45) is 0. The first-order valence-electron chi connectivity index (χ1n) is 6.22. The number of rotatable bonds is 7. The monoisotopic (exact) mass is 315 g/mol. The molecule has 0 bridgehead atoms. The number of aromatic nitrogens is 1. The summed E-state index contributed by atoms with van der Waals surface area (Å²) in [6, 6.07) is 5.51. The zero-order valence-corrected chi connectivity index (χ0v) is 13.0. The summed E-state index contributed by atoms with van der Waals surface area (Å²) >= 11 is 1.30. The molecule has 0 fully saturated rings. The van der Waals surface area contributed by atoms with Crippen molar-refractivity contribution in [2.24, 2.45) is 0 Å². The fourth-order valence-electron chi connectivity index (χ4n) is 1.63. The van der Waals surface area contributed by atoms with Crippen LogP contribution in [0.1, 0.15) is 6.92 Å². The molecule has 0 amide bonds. The lowest BCUT2D eigenvalue weighted by atomic mass is 10.3. The van der Waals surface area contributed by atoms with Crippen LogP contribution >= 0.6 is 11.3 Å². The van der Waals surface area contributed by atoms with E-state index in [0.717, 1.165) is 16.0 Å². The van der Waals surface area contributed by atoms with Crippen LogP contribution in [0.2, 0.25) is 0 Å². The van der Waals surface area contributed by atoms with E-state index < -0.39 is 10.0 Å². The molecule has 0 unspecified atom stereocenters. The molecule has 2 N–H and O–H groups in total. The van der Waals surface area contributed by atoms with Crippen molar-refractivity contribution >= 4 is 36.7 Å². The third-order valence-corrected chi connectivity index (χ3v) is 4.84. The highest BCUT2D eigenvalue weighted by molar-refractivity contribution is 7.92. The second-order valence-electron chi connectivity index (χ2n) is 4.11. The summed E-state index contributed by atoms with van der Waals surface area (Å²) < 4.78 is 32.4. The van der Waals surface area contributed by atoms with E-state index >= 15 is 0 Å². The van der Waals surface area contributed by atoms with Gasteiger partial charge in [0.05, 0.1) is 22.6 Å². The Kier molecular flexibility index (Phi) is 4.79. The van der Waals surface area contributed by atoms with Gasteiger partial charge in [-0.1, -0.05) is 11.3 Å². The molecule has 1 aromatic carbocycles. The van der Waals surface area contributed by atoms with Gasteiger partial charge in [0, 0.05) is 6.54 Å². The maximum Gasteiger partial charge on any atom is 0.235 e. The molecule has 6 nitrogen and oxygen atoms in total. The molecule has 0 saturated carbocycles. The molecular weight excluding hydrogens is 298 g/mol. The number of hydrogen-bond acceptors (Lipinski definition) is 6. The van der Waals surface area contributed by atoms with Crippen LogP contribution in [0.5, 0.6) is 5.75 Å². The zero-order chi connectivity index (χ0) is 14.6. The van der Waals surface area contributed by atoms with Gasteiger partial charge in [0.15, 0.2) is 5.13 Å². The molecule has 20 heavy (non-hydrogen) atoms. The topological polar surface area (TPSA) is 80.3 Å². The second-order valence-corrected chi connectivity index (χ2v) is 6.98. The predicted molar refractivity (Wildman–Crippen MR) is 82.1 cm³/mol. The van der Waals surface area contributed by atoms with Crippen molar-refractivity contribution in [3.05, 3.63) is 18.2 Å². The molecular formula is C12H17N3O3S2. The Balaban J connectivity index is 2.19. The molecule has 0 aliphatic heterocycles. The smallest absolute Gasteiger partial charge is 0.235 e. The van der Waals surface area contributed by atoms with Gasteiger partial charge in [-0.05, 0) is 32.2 Å². The van der Waals surface area contributed by atoms with E-state index in [4.69, 9.17) is 4.74 Å². The Labute approximate surface area is 122 Å². The highest BCUT2D eigenvalue weighted by atomic mass is 32.2. The Bertz CT molecular complexity index is 682. The Morgan fingerprint density at radius 1 is 1.40 bits per heavy atom. The molecule has 0 atom stereocenters. The first-order valence-corrected chi connectivity index (χ1v) is 8.69. The van der Waals surface area contributed by atoms with Gasteiger partial charge in [-0.2, -0.15) is 0 Å². The van der Waals surface area contributed by atoms with Gasteiger partial charge in [-0.3, -0.25) is 4.72 Å². The molecule has 2 aromatic rings. The van der Waals surface area contributed by atoms with Gasteiger partial charge in [-0.25, -0.2) is 13.4 Å². The van der Waals surface area contributed by atoms with Gasteiger partial charge < -0.3 is 10.1 Å². The number of hydrogen-bond donors (Lipinski definition) is 2. The molecule has 0 spiro atoms. The lowest BCUT2D eigenvalue weighted by Crippen LogP contribution is -2.24. The largest absolute Gasteiger partial charge is 0.494 e. The minimum Gasteiger partial charge on any atom is -0.494 e. The lowest BCUT2D eigenvalue weighted by molar-refractivity contribution is 0.341. The minimum absolute atomic E-state index is 0.0175. The highest BCUT2D eigenvalue weighted by Crippen LogP contribution is 2.29. The first-order chi connectivity index (χ1) is 9.54. The molecule has 0 aliphatic rings. The predicted octanol–water partition coefficient (Wildman–Crippen LogP) is 1.66. The number of sulfonamides is 1. The van der Waals surface area contributed by atoms with E-state index in [1.54, 1.807) is 7.05 Å². The van der Waals surface area contributed by atoms with Crippen LogP contribution in [0, 0.1) is 0 Å². The van der Waals surface area contributed by atoms with Crippen molar-refractivity contribution in [3.8, 4) is 5.75 Å². The maximum atomic E-state index is 11.8. The number of fused-ring (bicyclic) bond motifs is 1. The van der Waals surface area contributed by atoms with Crippen LogP contribution in [0.25, 0.3) is 10.2 Å². The summed E-state index contributed by atoms with van der Waals surface area (Å²) in [5.74, 6) is 0.775. The number of nitrogens with zero attached hydrogens (tertiary/aromatic N) is 1. The third-order valence-electron chi connectivity index (χ3n) is 2.53. The van der Waals surface area contributed by atoms with E-state index in [1.807, 2.05) is 25.1 Å². The fourth-order valence-corrected chi connectivity index (χ4v) is 3.81. The van der Waals surface area contributed by atoms with E-state index in [0.29, 0.717) is 18.3 Å². The lowest BCUT2D eigenvalue weighted by Gasteiger charge is -2.03. The van der Waals surface area contributed by atoms with Crippen molar-refractivity contribution in [3.63, 3.8) is 0 Å². The second kappa shape index (κ2) is 6.38. The summed E-state index contributed by atoms with van der Waals surface area (Å²) in [5, 5.41) is 3.18. The first kappa shape index (κ1) is 15.0. The molecule has 110 valence electrons. The maximum absolute atomic E-state index is 11.8. The Hall–Kier alpha value is -1.38. The van der Waals surface area contributed by atoms with E-state index in [9.17, 15) is 8.42 Å². The summed E-state index contributed by atoms with van der Waals surface area (Å²) in [5.41, 5.74) is 0.754. The number of nitrogens with one attached hydrogen (secondary N) is 2. The van der Waals surface area contributed by atoms with Gasteiger partial charge >= 0.3 is 0 Å². The number of benzene rings is 1. The van der Waals surface area contributed by atoms with Crippen LogP contribution in [-0.2, 0) is 10.0 Å². The Morgan fingerprint density at radius 2 is 2.20 bits per heavy atom. The van der Waals surface area contributed by atoms with Crippen molar-refractivity contribution in [2.75, 3.05) is 30.7 Å². The van der Waals surface area contributed by atoms with E-state index in [2.05, 4.69) is 15.0 Å². The summed E-state index contributed by atoms with van der Waals surface area (Å²) in [6.45, 7) is 2.90. The van der Waals surface area contributed by atoms with Crippen molar-refractivity contribution in [1.82, 2.24) is 10.3 Å². The molecule has 0 aliphatic carbocycles. The van der Waals surface area contributed by atoms with Gasteiger partial charge in [0.1, 0.15) is 5.75 Å². The normalized spacial score (nSPS) is 11.7. The molecule has 0 radical (unpaired) electrons. The quantitative estimate of drug-likeness (QED) is 0.812. The molecule has 8 heteroatoms. The number of anilines is 1. The minimum atomic E-state index is -3.36. The van der Waals surface area contributed by atoms with E-state index in [1.165, 1.54) is 11.3 Å². The van der Waals surface area contributed by atoms with Crippen LogP contribution in [0.4, 0.5) is 5.13 Å². The molecule has 1 aromatic heterocycles. The van der Waals surface area contributed by atoms with Crippen LogP contribution < -0.4 is 14.8 Å².